The number of nitrogens with one attached hydrogen (secondary N) is 3. The van der Waals surface area contributed by atoms with Crippen LogP contribution in [0.4, 0.5) is 26.2 Å². The molecule has 0 bridgehead atoms. The number of likely N-dealkylation sites (tertiary alicyclic amines) is 1. The quantitative estimate of drug-likeness (QED) is 0.467. The number of rotatable bonds is 6. The fourth-order valence-corrected chi connectivity index (χ4v) is 4.85. The summed E-state index contributed by atoms with van der Waals surface area (Å²) in [6.07, 6.45) is 1.38. The zero-order chi connectivity index (χ0) is 24.8. The van der Waals surface area contributed by atoms with Crippen molar-refractivity contribution in [2.24, 2.45) is 5.92 Å². The Balaban J connectivity index is 1.33. The highest BCUT2D eigenvalue weighted by Gasteiger charge is 2.28. The van der Waals surface area contributed by atoms with Crippen LogP contribution in [0.25, 0.3) is 0 Å². The summed E-state index contributed by atoms with van der Waals surface area (Å²) in [4.78, 5) is 27.0. The molecular formula is C25H25FN4O4S. The number of carbonyl (C=O) groups is 2. The third-order valence-corrected chi connectivity index (χ3v) is 7.03. The highest BCUT2D eigenvalue weighted by Crippen LogP contribution is 2.22. The lowest BCUT2D eigenvalue weighted by atomic mass is 9.97. The minimum Gasteiger partial charge on any atom is -0.326 e. The number of piperidine rings is 1. The zero-order valence-corrected chi connectivity index (χ0v) is 19.6. The Hall–Kier alpha value is -3.92. The van der Waals surface area contributed by atoms with Crippen molar-refractivity contribution >= 4 is 39.0 Å². The van der Waals surface area contributed by atoms with E-state index in [1.54, 1.807) is 29.2 Å². The molecule has 1 atom stereocenters. The molecule has 3 amide bonds. The lowest BCUT2D eigenvalue weighted by Gasteiger charge is -2.32. The van der Waals surface area contributed by atoms with Gasteiger partial charge in [0.1, 0.15) is 5.82 Å². The fraction of sp³-hybridized carbons (Fsp3) is 0.200. The Bertz CT molecular complexity index is 1280. The van der Waals surface area contributed by atoms with Crippen LogP contribution in [-0.2, 0) is 14.8 Å². The van der Waals surface area contributed by atoms with Crippen molar-refractivity contribution in [2.75, 3.05) is 28.4 Å². The molecule has 3 aromatic rings. The van der Waals surface area contributed by atoms with Gasteiger partial charge in [-0.15, -0.1) is 0 Å². The van der Waals surface area contributed by atoms with Crippen LogP contribution in [0.1, 0.15) is 12.8 Å². The number of amides is 3. The van der Waals surface area contributed by atoms with Crippen molar-refractivity contribution < 1.29 is 22.4 Å². The van der Waals surface area contributed by atoms with Crippen LogP contribution in [0.5, 0.6) is 0 Å². The van der Waals surface area contributed by atoms with Gasteiger partial charge < -0.3 is 15.5 Å². The van der Waals surface area contributed by atoms with Gasteiger partial charge in [0, 0.05) is 30.2 Å². The summed E-state index contributed by atoms with van der Waals surface area (Å²) in [5.74, 6) is -1.09. The number of hydrogen-bond donors (Lipinski definition) is 3. The van der Waals surface area contributed by atoms with Crippen molar-refractivity contribution in [3.05, 3.63) is 84.7 Å². The lowest BCUT2D eigenvalue weighted by molar-refractivity contribution is -0.121. The van der Waals surface area contributed by atoms with Gasteiger partial charge in [-0.2, -0.15) is 0 Å². The number of para-hydroxylation sites is 1. The second-order valence-corrected chi connectivity index (χ2v) is 9.89. The molecule has 3 N–H and O–H groups in total. The van der Waals surface area contributed by atoms with Crippen LogP contribution in [0.2, 0.25) is 0 Å². The molecule has 4 rings (SSSR count). The molecule has 0 unspecified atom stereocenters. The van der Waals surface area contributed by atoms with Crippen molar-refractivity contribution in [1.29, 1.82) is 0 Å². The Labute approximate surface area is 203 Å². The van der Waals surface area contributed by atoms with Gasteiger partial charge in [-0.1, -0.05) is 18.2 Å². The molecule has 182 valence electrons. The molecule has 0 aliphatic carbocycles. The van der Waals surface area contributed by atoms with Gasteiger partial charge in [-0.3, -0.25) is 9.52 Å². The van der Waals surface area contributed by atoms with E-state index in [0.29, 0.717) is 43.0 Å². The SMILES string of the molecule is O=C(Nc1ccc(NS(=O)(=O)c2ccc(F)cc2)cc1)[C@H]1CCCN(C(=O)Nc2ccccc2)C1. The number of urea groups is 1. The molecule has 0 radical (unpaired) electrons. The molecule has 3 aromatic carbocycles. The monoisotopic (exact) mass is 496 g/mol. The fourth-order valence-electron chi connectivity index (χ4n) is 3.79. The molecule has 0 aromatic heterocycles. The summed E-state index contributed by atoms with van der Waals surface area (Å²) >= 11 is 0. The third kappa shape index (κ3) is 6.36. The summed E-state index contributed by atoms with van der Waals surface area (Å²) < 4.78 is 40.4. The Morgan fingerprint density at radius 2 is 1.46 bits per heavy atom. The molecule has 0 spiro atoms. The second-order valence-electron chi connectivity index (χ2n) is 8.21. The number of nitrogens with zero attached hydrogens (tertiary/aromatic N) is 1. The van der Waals surface area contributed by atoms with Gasteiger partial charge in [0.15, 0.2) is 0 Å². The minimum atomic E-state index is -3.87. The first-order chi connectivity index (χ1) is 16.8. The standard InChI is InChI=1S/C25H25FN4O4S/c26-19-8-14-23(15-9-19)35(33,34)29-22-12-10-21(11-13-22)27-24(31)18-5-4-16-30(17-18)25(32)28-20-6-2-1-3-7-20/h1-3,6-15,18,29H,4-5,16-17H2,(H,27,31)(H,28,32)/t18-/m0/s1. The van der Waals surface area contributed by atoms with E-state index in [2.05, 4.69) is 15.4 Å². The van der Waals surface area contributed by atoms with Crippen LogP contribution < -0.4 is 15.4 Å². The van der Waals surface area contributed by atoms with E-state index in [9.17, 15) is 22.4 Å². The molecule has 1 aliphatic rings. The van der Waals surface area contributed by atoms with Gasteiger partial charge in [0.2, 0.25) is 5.91 Å². The summed E-state index contributed by atoms with van der Waals surface area (Å²) in [7, 11) is -3.87. The second kappa shape index (κ2) is 10.6. The van der Waals surface area contributed by atoms with Gasteiger partial charge in [-0.25, -0.2) is 17.6 Å². The summed E-state index contributed by atoms with van der Waals surface area (Å²) in [6.45, 7) is 0.880. The van der Waals surface area contributed by atoms with E-state index in [4.69, 9.17) is 0 Å². The average molecular weight is 497 g/mol. The molecule has 10 heteroatoms. The van der Waals surface area contributed by atoms with E-state index < -0.39 is 15.8 Å². The number of sulfonamides is 1. The van der Waals surface area contributed by atoms with Crippen LogP contribution in [0, 0.1) is 11.7 Å². The first-order valence-corrected chi connectivity index (χ1v) is 12.6. The first-order valence-electron chi connectivity index (χ1n) is 11.1. The number of anilines is 3. The predicted octanol–water partition coefficient (Wildman–Crippen LogP) is 4.51. The van der Waals surface area contributed by atoms with Crippen molar-refractivity contribution in [3.63, 3.8) is 0 Å². The highest BCUT2D eigenvalue weighted by atomic mass is 32.2. The maximum Gasteiger partial charge on any atom is 0.321 e. The van der Waals surface area contributed by atoms with Crippen LogP contribution in [0.3, 0.4) is 0 Å². The van der Waals surface area contributed by atoms with E-state index in [-0.39, 0.29) is 22.8 Å². The van der Waals surface area contributed by atoms with E-state index in [1.165, 1.54) is 24.3 Å². The van der Waals surface area contributed by atoms with Crippen molar-refractivity contribution in [2.45, 2.75) is 17.7 Å². The molecule has 1 fully saturated rings. The maximum absolute atomic E-state index is 13.1. The number of benzene rings is 3. The molecule has 8 nitrogen and oxygen atoms in total. The van der Waals surface area contributed by atoms with Gasteiger partial charge in [0.05, 0.1) is 10.8 Å². The van der Waals surface area contributed by atoms with E-state index in [0.717, 1.165) is 12.1 Å². The minimum absolute atomic E-state index is 0.0607. The molecule has 1 aliphatic heterocycles. The first kappa shape index (κ1) is 24.2. The van der Waals surface area contributed by atoms with Crippen LogP contribution in [0.15, 0.2) is 83.8 Å². The average Bonchev–Trinajstić information content (AvgIpc) is 2.86. The van der Waals surface area contributed by atoms with Gasteiger partial charge in [-0.05, 0) is 73.5 Å². The predicted molar refractivity (Wildman–Crippen MR) is 132 cm³/mol. The Morgan fingerprint density at radius 3 is 2.14 bits per heavy atom. The molecular weight excluding hydrogens is 471 g/mol. The van der Waals surface area contributed by atoms with Crippen molar-refractivity contribution in [3.8, 4) is 0 Å². The Kier molecular flexibility index (Phi) is 7.31. The molecule has 1 saturated heterocycles. The molecule has 0 saturated carbocycles. The summed E-state index contributed by atoms with van der Waals surface area (Å²) in [6, 6.07) is 19.6. The van der Waals surface area contributed by atoms with Crippen LogP contribution >= 0.6 is 0 Å². The Morgan fingerprint density at radius 1 is 0.829 bits per heavy atom. The van der Waals surface area contributed by atoms with E-state index >= 15 is 0 Å². The zero-order valence-electron chi connectivity index (χ0n) is 18.8. The number of carbonyl (C=O) groups excluding carboxylic acids is 2. The topological polar surface area (TPSA) is 108 Å². The van der Waals surface area contributed by atoms with E-state index in [1.807, 2.05) is 18.2 Å². The van der Waals surface area contributed by atoms with Gasteiger partial charge >= 0.3 is 6.03 Å². The van der Waals surface area contributed by atoms with Gasteiger partial charge in [0.25, 0.3) is 10.0 Å². The highest BCUT2D eigenvalue weighted by molar-refractivity contribution is 7.92. The number of halogens is 1. The smallest absolute Gasteiger partial charge is 0.321 e. The summed E-state index contributed by atoms with van der Waals surface area (Å²) in [5, 5.41) is 5.67. The molecule has 35 heavy (non-hydrogen) atoms. The lowest BCUT2D eigenvalue weighted by Crippen LogP contribution is -2.45. The largest absolute Gasteiger partial charge is 0.326 e. The van der Waals surface area contributed by atoms with Crippen LogP contribution in [-0.4, -0.2) is 38.3 Å². The third-order valence-electron chi connectivity index (χ3n) is 5.63. The molecule has 1 heterocycles. The number of hydrogen-bond acceptors (Lipinski definition) is 4. The summed E-state index contributed by atoms with van der Waals surface area (Å²) in [5.41, 5.74) is 1.50. The maximum atomic E-state index is 13.1. The normalized spacial score (nSPS) is 15.8. The van der Waals surface area contributed by atoms with Crippen molar-refractivity contribution in [1.82, 2.24) is 4.90 Å².